The molecule has 0 radical (unpaired) electrons. The van der Waals surface area contributed by atoms with Gasteiger partial charge in [0.25, 0.3) is 5.56 Å². The quantitative estimate of drug-likeness (QED) is 0.859. The number of nitrogens with two attached hydrogens (primary N) is 1. The molecule has 0 unspecified atom stereocenters. The van der Waals surface area contributed by atoms with E-state index in [2.05, 4.69) is 30.3 Å². The zero-order valence-electron chi connectivity index (χ0n) is 15.8. The van der Waals surface area contributed by atoms with Crippen LogP contribution in [0.4, 0.5) is 0 Å². The summed E-state index contributed by atoms with van der Waals surface area (Å²) in [6.07, 6.45) is 6.52. The second-order valence-corrected chi connectivity index (χ2v) is 7.55. The van der Waals surface area contributed by atoms with Crippen molar-refractivity contribution < 1.29 is 4.74 Å². The topological polar surface area (TPSA) is 57.2 Å². The summed E-state index contributed by atoms with van der Waals surface area (Å²) in [5, 5.41) is 0. The fraction of sp³-hybridized carbons (Fsp3) is 0.500. The maximum atomic E-state index is 12.4. The molecule has 140 valence electrons. The van der Waals surface area contributed by atoms with E-state index in [0.717, 1.165) is 31.2 Å². The highest BCUT2D eigenvalue weighted by Gasteiger charge is 2.25. The fourth-order valence-corrected chi connectivity index (χ4v) is 3.89. The van der Waals surface area contributed by atoms with Crippen molar-refractivity contribution in [1.82, 2.24) is 4.57 Å². The zero-order valence-corrected chi connectivity index (χ0v) is 15.8. The van der Waals surface area contributed by atoms with Crippen LogP contribution < -0.4 is 11.3 Å². The molecule has 1 aromatic heterocycles. The lowest BCUT2D eigenvalue weighted by molar-refractivity contribution is 0.00325. The van der Waals surface area contributed by atoms with Crippen molar-refractivity contribution in [3.8, 4) is 0 Å². The maximum absolute atomic E-state index is 12.4. The second kappa shape index (κ2) is 8.65. The number of benzene rings is 1. The van der Waals surface area contributed by atoms with Crippen molar-refractivity contribution in [2.75, 3.05) is 6.61 Å². The summed E-state index contributed by atoms with van der Waals surface area (Å²) in [7, 11) is 0. The van der Waals surface area contributed by atoms with Crippen LogP contribution in [0.1, 0.15) is 55.7 Å². The van der Waals surface area contributed by atoms with Crippen LogP contribution in [-0.4, -0.2) is 23.3 Å². The van der Waals surface area contributed by atoms with E-state index in [1.807, 2.05) is 32.2 Å². The van der Waals surface area contributed by atoms with Crippen LogP contribution in [0.15, 0.2) is 53.5 Å². The van der Waals surface area contributed by atoms with Gasteiger partial charge in [-0.25, -0.2) is 0 Å². The van der Waals surface area contributed by atoms with E-state index >= 15 is 0 Å². The number of pyridine rings is 1. The Balaban J connectivity index is 1.58. The number of ether oxygens (including phenoxy) is 1. The number of aromatic nitrogens is 1. The molecule has 0 amide bonds. The van der Waals surface area contributed by atoms with Gasteiger partial charge in [-0.05, 0) is 57.1 Å². The van der Waals surface area contributed by atoms with Crippen molar-refractivity contribution in [1.29, 1.82) is 0 Å². The van der Waals surface area contributed by atoms with Gasteiger partial charge in [0.15, 0.2) is 0 Å². The molecule has 0 saturated heterocycles. The Morgan fingerprint density at radius 3 is 2.46 bits per heavy atom. The Hall–Kier alpha value is -1.91. The molecule has 1 aliphatic rings. The van der Waals surface area contributed by atoms with Gasteiger partial charge in [-0.15, -0.1) is 0 Å². The Labute approximate surface area is 156 Å². The number of nitrogens with zero attached hydrogens (tertiary/aromatic N) is 1. The molecule has 26 heavy (non-hydrogen) atoms. The van der Waals surface area contributed by atoms with E-state index in [1.54, 1.807) is 4.57 Å². The average Bonchev–Trinajstić information content (AvgIpc) is 2.66. The average molecular weight is 354 g/mol. The molecule has 1 saturated carbocycles. The highest BCUT2D eigenvalue weighted by Crippen LogP contribution is 2.34. The van der Waals surface area contributed by atoms with Gasteiger partial charge in [0.2, 0.25) is 0 Å². The Kier molecular flexibility index (Phi) is 6.28. The minimum atomic E-state index is -0.143. The van der Waals surface area contributed by atoms with Crippen LogP contribution in [0.25, 0.3) is 0 Å². The number of rotatable bonds is 6. The Morgan fingerprint density at radius 1 is 1.12 bits per heavy atom. The molecule has 2 aromatic rings. The molecule has 2 atom stereocenters. The summed E-state index contributed by atoms with van der Waals surface area (Å²) < 4.78 is 7.93. The van der Waals surface area contributed by atoms with Crippen LogP contribution in [0.5, 0.6) is 0 Å². The molecular weight excluding hydrogens is 324 g/mol. The summed E-state index contributed by atoms with van der Waals surface area (Å²) >= 11 is 0. The van der Waals surface area contributed by atoms with E-state index in [4.69, 9.17) is 10.5 Å². The van der Waals surface area contributed by atoms with Crippen LogP contribution in [0, 0.1) is 6.92 Å². The zero-order chi connectivity index (χ0) is 18.5. The SMILES string of the molecule is Cc1cccn([C@H](CO[C@H]2CC[C@@H](c3ccccc3)CC2)[C@H](C)N)c1=O. The minimum absolute atomic E-state index is 0.0196. The van der Waals surface area contributed by atoms with E-state index in [9.17, 15) is 4.79 Å². The lowest BCUT2D eigenvalue weighted by Crippen LogP contribution is -2.39. The smallest absolute Gasteiger partial charge is 0.253 e. The van der Waals surface area contributed by atoms with E-state index in [0.29, 0.717) is 12.5 Å². The van der Waals surface area contributed by atoms with Crippen molar-refractivity contribution in [3.63, 3.8) is 0 Å². The number of aryl methyl sites for hydroxylation is 1. The van der Waals surface area contributed by atoms with Crippen molar-refractivity contribution in [3.05, 3.63) is 70.1 Å². The first-order chi connectivity index (χ1) is 12.6. The lowest BCUT2D eigenvalue weighted by atomic mass is 9.83. The van der Waals surface area contributed by atoms with Crippen molar-refractivity contribution in [2.45, 2.75) is 63.6 Å². The monoisotopic (exact) mass is 354 g/mol. The lowest BCUT2D eigenvalue weighted by Gasteiger charge is -2.31. The first-order valence-corrected chi connectivity index (χ1v) is 9.66. The van der Waals surface area contributed by atoms with Gasteiger partial charge in [0.1, 0.15) is 0 Å². The van der Waals surface area contributed by atoms with E-state index in [1.165, 1.54) is 5.56 Å². The molecule has 0 aliphatic heterocycles. The van der Waals surface area contributed by atoms with Gasteiger partial charge in [0.05, 0.1) is 18.8 Å². The highest BCUT2D eigenvalue weighted by atomic mass is 16.5. The molecule has 4 heteroatoms. The molecule has 4 nitrogen and oxygen atoms in total. The van der Waals surface area contributed by atoms with Gasteiger partial charge < -0.3 is 15.0 Å². The van der Waals surface area contributed by atoms with Gasteiger partial charge in [-0.1, -0.05) is 36.4 Å². The summed E-state index contributed by atoms with van der Waals surface area (Å²) in [5.74, 6) is 0.639. The first kappa shape index (κ1) is 18.9. The molecule has 1 fully saturated rings. The van der Waals surface area contributed by atoms with Gasteiger partial charge >= 0.3 is 0 Å². The molecule has 2 N–H and O–H groups in total. The Morgan fingerprint density at radius 2 is 1.81 bits per heavy atom. The van der Waals surface area contributed by atoms with Crippen LogP contribution in [0.2, 0.25) is 0 Å². The predicted molar refractivity (Wildman–Crippen MR) is 106 cm³/mol. The highest BCUT2D eigenvalue weighted by molar-refractivity contribution is 5.20. The summed E-state index contributed by atoms with van der Waals surface area (Å²) in [6, 6.07) is 14.2. The standard InChI is InChI=1S/C22H30N2O2/c1-16-7-6-14-24(22(16)25)21(17(2)23)15-26-20-12-10-19(11-13-20)18-8-4-3-5-9-18/h3-9,14,17,19-21H,10-13,15,23H2,1-2H3/t17-,19-,20+,21+/m0/s1. The first-order valence-electron chi connectivity index (χ1n) is 9.66. The minimum Gasteiger partial charge on any atom is -0.376 e. The maximum Gasteiger partial charge on any atom is 0.253 e. The van der Waals surface area contributed by atoms with E-state index in [-0.39, 0.29) is 23.7 Å². The van der Waals surface area contributed by atoms with Crippen molar-refractivity contribution in [2.24, 2.45) is 5.73 Å². The third-order valence-corrected chi connectivity index (χ3v) is 5.58. The number of hydrogen-bond acceptors (Lipinski definition) is 3. The normalized spacial score (nSPS) is 22.7. The molecular formula is C22H30N2O2. The second-order valence-electron chi connectivity index (χ2n) is 7.55. The molecule has 0 bridgehead atoms. The largest absolute Gasteiger partial charge is 0.376 e. The van der Waals surface area contributed by atoms with Gasteiger partial charge in [-0.3, -0.25) is 4.79 Å². The van der Waals surface area contributed by atoms with Crippen LogP contribution >= 0.6 is 0 Å². The van der Waals surface area contributed by atoms with Crippen LogP contribution in [0.3, 0.4) is 0 Å². The Bertz CT molecular complexity index is 746. The van der Waals surface area contributed by atoms with Gasteiger partial charge in [-0.2, -0.15) is 0 Å². The summed E-state index contributed by atoms with van der Waals surface area (Å²) in [4.78, 5) is 12.4. The van der Waals surface area contributed by atoms with Gasteiger partial charge in [0, 0.05) is 17.8 Å². The summed E-state index contributed by atoms with van der Waals surface area (Å²) in [5.41, 5.74) is 8.35. The van der Waals surface area contributed by atoms with E-state index < -0.39 is 0 Å². The van der Waals surface area contributed by atoms with Crippen molar-refractivity contribution >= 4 is 0 Å². The van der Waals surface area contributed by atoms with Crippen LogP contribution in [-0.2, 0) is 4.74 Å². The third-order valence-electron chi connectivity index (χ3n) is 5.58. The predicted octanol–water partition coefficient (Wildman–Crippen LogP) is 3.79. The molecule has 0 spiro atoms. The molecule has 1 aliphatic carbocycles. The fourth-order valence-electron chi connectivity index (χ4n) is 3.89. The number of hydrogen-bond donors (Lipinski definition) is 1. The third kappa shape index (κ3) is 4.43. The molecule has 3 rings (SSSR count). The molecule has 1 heterocycles. The summed E-state index contributed by atoms with van der Waals surface area (Å²) in [6.45, 7) is 4.26. The molecule has 1 aromatic carbocycles.